The van der Waals surface area contributed by atoms with Gasteiger partial charge in [-0.2, -0.15) is 0 Å². The fraction of sp³-hybridized carbons (Fsp3) is 0.381. The molecule has 0 fully saturated rings. The summed E-state index contributed by atoms with van der Waals surface area (Å²) in [5, 5.41) is 10.5. The van der Waals surface area contributed by atoms with Crippen molar-refractivity contribution < 1.29 is 8.91 Å². The Morgan fingerprint density at radius 1 is 1.20 bits per heavy atom. The average Bonchev–Trinajstić information content (AvgIpc) is 3.42. The van der Waals surface area contributed by atoms with Crippen molar-refractivity contribution in [3.63, 3.8) is 0 Å². The number of guanidine groups is 1. The van der Waals surface area contributed by atoms with Crippen LogP contribution >= 0.6 is 24.0 Å². The van der Waals surface area contributed by atoms with Crippen molar-refractivity contribution in [1.29, 1.82) is 0 Å². The first kappa shape index (κ1) is 23.8. The SMILES string of the molecule is CCC(CC)c1cc(CNC(=NC)NCc2ccc(-n3ccnc3)c(F)c2)on1.I. The van der Waals surface area contributed by atoms with Gasteiger partial charge in [0.05, 0.1) is 24.3 Å². The van der Waals surface area contributed by atoms with E-state index >= 15 is 0 Å². The van der Waals surface area contributed by atoms with Crippen LogP contribution in [0.15, 0.2) is 52.5 Å². The molecule has 9 heteroatoms. The summed E-state index contributed by atoms with van der Waals surface area (Å²) in [4.78, 5) is 8.15. The molecular formula is C21H28FIN6O. The third kappa shape index (κ3) is 6.04. The van der Waals surface area contributed by atoms with Crippen LogP contribution in [0.4, 0.5) is 4.39 Å². The summed E-state index contributed by atoms with van der Waals surface area (Å²) in [7, 11) is 1.69. The molecule has 0 aliphatic heterocycles. The van der Waals surface area contributed by atoms with Gasteiger partial charge in [0, 0.05) is 38.0 Å². The summed E-state index contributed by atoms with van der Waals surface area (Å²) in [6.07, 6.45) is 6.97. The van der Waals surface area contributed by atoms with E-state index in [0.29, 0.717) is 30.7 Å². The molecule has 7 nitrogen and oxygen atoms in total. The molecule has 1 aromatic carbocycles. The molecule has 30 heavy (non-hydrogen) atoms. The van der Waals surface area contributed by atoms with Crippen LogP contribution in [-0.4, -0.2) is 27.7 Å². The lowest BCUT2D eigenvalue weighted by molar-refractivity contribution is 0.368. The number of hydrogen-bond donors (Lipinski definition) is 2. The molecule has 0 atom stereocenters. The number of imidazole rings is 1. The third-order valence-corrected chi connectivity index (χ3v) is 4.89. The second kappa shape index (κ2) is 11.7. The molecule has 0 radical (unpaired) electrons. The van der Waals surface area contributed by atoms with Gasteiger partial charge in [-0.25, -0.2) is 9.37 Å². The summed E-state index contributed by atoms with van der Waals surface area (Å²) in [5.74, 6) is 1.47. The lowest BCUT2D eigenvalue weighted by atomic mass is 9.99. The van der Waals surface area contributed by atoms with Gasteiger partial charge in [0.2, 0.25) is 0 Å². The highest BCUT2D eigenvalue weighted by atomic mass is 127. The van der Waals surface area contributed by atoms with Gasteiger partial charge in [0.1, 0.15) is 5.82 Å². The number of rotatable bonds is 8. The molecule has 3 aromatic rings. The van der Waals surface area contributed by atoms with Gasteiger partial charge < -0.3 is 19.7 Å². The smallest absolute Gasteiger partial charge is 0.191 e. The second-order valence-corrected chi connectivity index (χ2v) is 6.77. The van der Waals surface area contributed by atoms with Crippen molar-refractivity contribution in [3.8, 4) is 5.69 Å². The minimum absolute atomic E-state index is 0. The Bertz CT molecular complexity index is 937. The lowest BCUT2D eigenvalue weighted by Crippen LogP contribution is -2.36. The molecule has 162 valence electrons. The van der Waals surface area contributed by atoms with Crippen molar-refractivity contribution in [2.24, 2.45) is 4.99 Å². The predicted molar refractivity (Wildman–Crippen MR) is 126 cm³/mol. The normalized spacial score (nSPS) is 11.4. The van der Waals surface area contributed by atoms with E-state index in [1.165, 1.54) is 6.07 Å². The van der Waals surface area contributed by atoms with Crippen LogP contribution < -0.4 is 10.6 Å². The zero-order valence-corrected chi connectivity index (χ0v) is 19.8. The highest BCUT2D eigenvalue weighted by Gasteiger charge is 2.13. The van der Waals surface area contributed by atoms with E-state index in [4.69, 9.17) is 4.52 Å². The Morgan fingerprint density at radius 2 is 1.97 bits per heavy atom. The Kier molecular flexibility index (Phi) is 9.28. The van der Waals surface area contributed by atoms with Crippen LogP contribution in [0.3, 0.4) is 0 Å². The van der Waals surface area contributed by atoms with Crippen LogP contribution in [0.2, 0.25) is 0 Å². The first-order chi connectivity index (χ1) is 14.1. The fourth-order valence-corrected chi connectivity index (χ4v) is 3.16. The van der Waals surface area contributed by atoms with E-state index in [9.17, 15) is 4.39 Å². The number of nitrogens with one attached hydrogen (secondary N) is 2. The zero-order valence-electron chi connectivity index (χ0n) is 17.4. The molecule has 0 spiro atoms. The highest BCUT2D eigenvalue weighted by molar-refractivity contribution is 14.0. The molecule has 3 rings (SSSR count). The topological polar surface area (TPSA) is 80.3 Å². The molecule has 2 aromatic heterocycles. The van der Waals surface area contributed by atoms with E-state index in [1.807, 2.05) is 12.1 Å². The third-order valence-electron chi connectivity index (χ3n) is 4.89. The van der Waals surface area contributed by atoms with Gasteiger partial charge in [0.25, 0.3) is 0 Å². The van der Waals surface area contributed by atoms with E-state index in [1.54, 1.807) is 36.4 Å². The molecule has 0 aliphatic rings. The van der Waals surface area contributed by atoms with Crippen LogP contribution in [0.5, 0.6) is 0 Å². The van der Waals surface area contributed by atoms with Gasteiger partial charge in [-0.05, 0) is 30.5 Å². The summed E-state index contributed by atoms with van der Waals surface area (Å²) in [6.45, 7) is 5.21. The maximum Gasteiger partial charge on any atom is 0.191 e. The van der Waals surface area contributed by atoms with Crippen molar-refractivity contribution in [2.45, 2.75) is 45.7 Å². The van der Waals surface area contributed by atoms with Crippen LogP contribution in [-0.2, 0) is 13.1 Å². The Morgan fingerprint density at radius 3 is 2.60 bits per heavy atom. The van der Waals surface area contributed by atoms with Crippen LogP contribution in [0.25, 0.3) is 5.69 Å². The predicted octanol–water partition coefficient (Wildman–Crippen LogP) is 4.39. The first-order valence-corrected chi connectivity index (χ1v) is 9.81. The van der Waals surface area contributed by atoms with Gasteiger partial charge in [-0.3, -0.25) is 4.99 Å². The van der Waals surface area contributed by atoms with Crippen molar-refractivity contribution in [2.75, 3.05) is 7.05 Å². The average molecular weight is 526 g/mol. The standard InChI is InChI=1S/C21H27FN6O.HI/c1-4-16(5-2)19-11-17(29-27-19)13-26-21(23-3)25-12-15-6-7-20(18(22)10-15)28-9-8-24-14-28;/h6-11,14,16H,4-5,12-13H2,1-3H3,(H2,23,25,26);1H. The second-order valence-electron chi connectivity index (χ2n) is 6.77. The summed E-state index contributed by atoms with van der Waals surface area (Å²) >= 11 is 0. The van der Waals surface area contributed by atoms with Gasteiger partial charge in [-0.15, -0.1) is 24.0 Å². The number of aromatic nitrogens is 3. The molecule has 2 heterocycles. The molecule has 2 N–H and O–H groups in total. The van der Waals surface area contributed by atoms with E-state index < -0.39 is 0 Å². The molecular weight excluding hydrogens is 498 g/mol. The Labute approximate surface area is 193 Å². The minimum atomic E-state index is -0.305. The molecule has 0 amide bonds. The number of nitrogens with zero attached hydrogens (tertiary/aromatic N) is 4. The summed E-state index contributed by atoms with van der Waals surface area (Å²) in [6, 6.07) is 7.10. The van der Waals surface area contributed by atoms with Gasteiger partial charge in [-0.1, -0.05) is 25.1 Å². The van der Waals surface area contributed by atoms with Crippen molar-refractivity contribution >= 4 is 29.9 Å². The largest absolute Gasteiger partial charge is 0.359 e. The number of halogens is 2. The van der Waals surface area contributed by atoms with Gasteiger partial charge >= 0.3 is 0 Å². The quantitative estimate of drug-likeness (QED) is 0.259. The summed E-state index contributed by atoms with van der Waals surface area (Å²) < 4.78 is 21.4. The maximum atomic E-state index is 14.4. The summed E-state index contributed by atoms with van der Waals surface area (Å²) in [5.41, 5.74) is 2.26. The van der Waals surface area contributed by atoms with E-state index in [2.05, 4.69) is 39.6 Å². The Hall–Kier alpha value is -2.43. The monoisotopic (exact) mass is 526 g/mol. The Balaban J connectivity index is 0.00000320. The van der Waals surface area contributed by atoms with E-state index in [0.717, 1.165) is 29.9 Å². The number of aliphatic imine (C=N–C) groups is 1. The number of benzene rings is 1. The maximum absolute atomic E-state index is 14.4. The molecule has 0 saturated heterocycles. The molecule has 0 bridgehead atoms. The fourth-order valence-electron chi connectivity index (χ4n) is 3.16. The molecule has 0 saturated carbocycles. The first-order valence-electron chi connectivity index (χ1n) is 9.81. The zero-order chi connectivity index (χ0) is 20.6. The van der Waals surface area contributed by atoms with Crippen LogP contribution in [0.1, 0.15) is 49.6 Å². The van der Waals surface area contributed by atoms with Crippen molar-refractivity contribution in [3.05, 3.63) is 65.8 Å². The van der Waals surface area contributed by atoms with Crippen molar-refractivity contribution in [1.82, 2.24) is 25.3 Å². The highest BCUT2D eigenvalue weighted by Crippen LogP contribution is 2.22. The van der Waals surface area contributed by atoms with Gasteiger partial charge in [0.15, 0.2) is 11.7 Å². The van der Waals surface area contributed by atoms with E-state index in [-0.39, 0.29) is 29.8 Å². The lowest BCUT2D eigenvalue weighted by Gasteiger charge is -2.12. The minimum Gasteiger partial charge on any atom is -0.359 e. The van der Waals surface area contributed by atoms with Crippen LogP contribution in [0, 0.1) is 5.82 Å². The molecule has 0 aliphatic carbocycles. The molecule has 0 unspecified atom stereocenters. The number of hydrogen-bond acceptors (Lipinski definition) is 4.